The van der Waals surface area contributed by atoms with Crippen molar-refractivity contribution < 1.29 is 19.1 Å². The number of hydrogen-bond donors (Lipinski definition) is 2. The predicted molar refractivity (Wildman–Crippen MR) is 118 cm³/mol. The lowest BCUT2D eigenvalue weighted by molar-refractivity contribution is -0.129. The summed E-state index contributed by atoms with van der Waals surface area (Å²) in [7, 11) is 0. The Morgan fingerprint density at radius 1 is 0.700 bits per heavy atom. The van der Waals surface area contributed by atoms with E-state index in [9.17, 15) is 9.59 Å². The quantitative estimate of drug-likeness (QED) is 0.619. The lowest BCUT2D eigenvalue weighted by Crippen LogP contribution is -2.43. The maximum absolute atomic E-state index is 12.3. The third kappa shape index (κ3) is 6.24. The van der Waals surface area contributed by atoms with Crippen LogP contribution in [-0.2, 0) is 9.59 Å². The molecule has 0 spiro atoms. The number of rotatable bonds is 9. The Labute approximate surface area is 179 Å². The summed E-state index contributed by atoms with van der Waals surface area (Å²) in [5.41, 5.74) is 3.94. The number of benzene rings is 2. The average Bonchev–Trinajstić information content (AvgIpc) is 2.70. The predicted octanol–water partition coefficient (Wildman–Crippen LogP) is 3.39. The zero-order chi connectivity index (χ0) is 22.3. The summed E-state index contributed by atoms with van der Waals surface area (Å²) in [6, 6.07) is 11.7. The molecule has 2 aromatic carbocycles. The second-order valence-corrected chi connectivity index (χ2v) is 7.54. The number of carbonyl (C=O) groups is 2. The summed E-state index contributed by atoms with van der Waals surface area (Å²) >= 11 is 0. The molecule has 2 atom stereocenters. The van der Waals surface area contributed by atoms with Crippen molar-refractivity contribution in [3.8, 4) is 11.5 Å². The van der Waals surface area contributed by atoms with Crippen LogP contribution < -0.4 is 20.1 Å². The van der Waals surface area contributed by atoms with Crippen LogP contribution in [0.15, 0.2) is 36.4 Å². The highest BCUT2D eigenvalue weighted by molar-refractivity contribution is 5.82. The Morgan fingerprint density at radius 3 is 1.30 bits per heavy atom. The van der Waals surface area contributed by atoms with Crippen LogP contribution in [0.2, 0.25) is 0 Å². The van der Waals surface area contributed by atoms with Gasteiger partial charge in [-0.1, -0.05) is 36.4 Å². The van der Waals surface area contributed by atoms with Crippen LogP contribution in [0, 0.1) is 27.7 Å². The standard InChI is InChI=1S/C24H32N2O4/c1-15-9-7-10-16(2)21(15)29-19(5)23(27)25-13-14-26-24(28)20(6)30-22-17(3)11-8-12-18(22)4/h7-12,19-20H,13-14H2,1-6H3,(H,25,27)(H,26,28). The Hall–Kier alpha value is -3.02. The van der Waals surface area contributed by atoms with E-state index in [1.165, 1.54) is 0 Å². The number of aryl methyl sites for hydroxylation is 4. The molecule has 2 amide bonds. The van der Waals surface area contributed by atoms with Crippen LogP contribution in [0.4, 0.5) is 0 Å². The van der Waals surface area contributed by atoms with Crippen molar-refractivity contribution in [2.24, 2.45) is 0 Å². The topological polar surface area (TPSA) is 76.7 Å². The summed E-state index contributed by atoms with van der Waals surface area (Å²) in [4.78, 5) is 24.6. The van der Waals surface area contributed by atoms with Gasteiger partial charge < -0.3 is 20.1 Å². The van der Waals surface area contributed by atoms with Gasteiger partial charge in [-0.3, -0.25) is 9.59 Å². The molecule has 0 bridgehead atoms. The Balaban J connectivity index is 1.75. The van der Waals surface area contributed by atoms with Crippen molar-refractivity contribution in [1.29, 1.82) is 0 Å². The molecule has 0 radical (unpaired) electrons. The monoisotopic (exact) mass is 412 g/mol. The fourth-order valence-electron chi connectivity index (χ4n) is 3.09. The van der Waals surface area contributed by atoms with E-state index in [0.717, 1.165) is 33.8 Å². The molecule has 0 aliphatic rings. The lowest BCUT2D eigenvalue weighted by Gasteiger charge is -2.19. The number of hydrogen-bond acceptors (Lipinski definition) is 4. The fraction of sp³-hybridized carbons (Fsp3) is 0.417. The third-order valence-corrected chi connectivity index (χ3v) is 4.87. The van der Waals surface area contributed by atoms with E-state index in [0.29, 0.717) is 13.1 Å². The van der Waals surface area contributed by atoms with E-state index in [4.69, 9.17) is 9.47 Å². The number of nitrogens with one attached hydrogen (secondary N) is 2. The molecule has 6 nitrogen and oxygen atoms in total. The van der Waals surface area contributed by atoms with Crippen LogP contribution >= 0.6 is 0 Å². The zero-order valence-electron chi connectivity index (χ0n) is 18.7. The number of amides is 2. The van der Waals surface area contributed by atoms with Gasteiger partial charge in [-0.05, 0) is 63.8 Å². The minimum absolute atomic E-state index is 0.230. The summed E-state index contributed by atoms with van der Waals surface area (Å²) in [6.07, 6.45) is -1.27. The normalized spacial score (nSPS) is 12.6. The molecule has 30 heavy (non-hydrogen) atoms. The minimum Gasteiger partial charge on any atom is -0.480 e. The van der Waals surface area contributed by atoms with E-state index in [2.05, 4.69) is 10.6 Å². The first-order chi connectivity index (χ1) is 14.2. The Bertz CT molecular complexity index is 781. The molecular formula is C24H32N2O4. The second-order valence-electron chi connectivity index (χ2n) is 7.54. The highest BCUT2D eigenvalue weighted by Crippen LogP contribution is 2.24. The molecule has 2 rings (SSSR count). The van der Waals surface area contributed by atoms with Gasteiger partial charge in [0.1, 0.15) is 11.5 Å². The SMILES string of the molecule is Cc1cccc(C)c1OC(C)C(=O)NCCNC(=O)C(C)Oc1c(C)cccc1C. The number of carbonyl (C=O) groups excluding carboxylic acids is 2. The van der Waals surface area contributed by atoms with Gasteiger partial charge in [0.15, 0.2) is 12.2 Å². The summed E-state index contributed by atoms with van der Waals surface area (Å²) in [6.45, 7) is 11.8. The minimum atomic E-state index is -0.633. The van der Waals surface area contributed by atoms with Crippen molar-refractivity contribution in [2.45, 2.75) is 53.8 Å². The maximum atomic E-state index is 12.3. The van der Waals surface area contributed by atoms with Gasteiger partial charge in [-0.25, -0.2) is 0 Å². The largest absolute Gasteiger partial charge is 0.480 e. The van der Waals surface area contributed by atoms with Crippen LogP contribution in [0.3, 0.4) is 0 Å². The van der Waals surface area contributed by atoms with Gasteiger partial charge in [0.25, 0.3) is 11.8 Å². The van der Waals surface area contributed by atoms with Crippen molar-refractivity contribution in [3.63, 3.8) is 0 Å². The molecular weight excluding hydrogens is 380 g/mol. The first-order valence-corrected chi connectivity index (χ1v) is 10.2. The van der Waals surface area contributed by atoms with E-state index >= 15 is 0 Å². The molecule has 0 saturated heterocycles. The van der Waals surface area contributed by atoms with Crippen LogP contribution in [-0.4, -0.2) is 37.1 Å². The van der Waals surface area contributed by atoms with Crippen molar-refractivity contribution in [3.05, 3.63) is 58.7 Å². The number of para-hydroxylation sites is 2. The van der Waals surface area contributed by atoms with Crippen molar-refractivity contribution >= 4 is 11.8 Å². The molecule has 0 fully saturated rings. The van der Waals surface area contributed by atoms with Gasteiger partial charge in [0.2, 0.25) is 0 Å². The Kier molecular flexibility index (Phi) is 8.27. The van der Waals surface area contributed by atoms with Gasteiger partial charge in [-0.2, -0.15) is 0 Å². The zero-order valence-corrected chi connectivity index (χ0v) is 18.7. The number of ether oxygens (including phenoxy) is 2. The smallest absolute Gasteiger partial charge is 0.260 e. The molecule has 0 saturated carbocycles. The molecule has 0 aromatic heterocycles. The summed E-state index contributed by atoms with van der Waals surface area (Å²) in [5.74, 6) is 0.996. The van der Waals surface area contributed by atoms with E-state index in [1.54, 1.807) is 13.8 Å². The van der Waals surface area contributed by atoms with Gasteiger partial charge in [0, 0.05) is 13.1 Å². The third-order valence-electron chi connectivity index (χ3n) is 4.87. The fourth-order valence-corrected chi connectivity index (χ4v) is 3.09. The Morgan fingerprint density at radius 2 is 1.00 bits per heavy atom. The first-order valence-electron chi connectivity index (χ1n) is 10.2. The van der Waals surface area contributed by atoms with E-state index < -0.39 is 12.2 Å². The van der Waals surface area contributed by atoms with Gasteiger partial charge in [-0.15, -0.1) is 0 Å². The van der Waals surface area contributed by atoms with Crippen LogP contribution in [0.1, 0.15) is 36.1 Å². The highest BCUT2D eigenvalue weighted by atomic mass is 16.5. The average molecular weight is 413 g/mol. The van der Waals surface area contributed by atoms with Gasteiger partial charge in [0.05, 0.1) is 0 Å². The van der Waals surface area contributed by atoms with Crippen LogP contribution in [0.25, 0.3) is 0 Å². The molecule has 162 valence electrons. The molecule has 0 aliphatic heterocycles. The molecule has 0 aliphatic carbocycles. The van der Waals surface area contributed by atoms with E-state index in [1.807, 2.05) is 64.1 Å². The van der Waals surface area contributed by atoms with E-state index in [-0.39, 0.29) is 11.8 Å². The molecule has 2 aromatic rings. The van der Waals surface area contributed by atoms with Crippen molar-refractivity contribution in [2.75, 3.05) is 13.1 Å². The second kappa shape index (κ2) is 10.7. The van der Waals surface area contributed by atoms with Gasteiger partial charge >= 0.3 is 0 Å². The molecule has 0 heterocycles. The van der Waals surface area contributed by atoms with Crippen LogP contribution in [0.5, 0.6) is 11.5 Å². The summed E-state index contributed by atoms with van der Waals surface area (Å²) < 4.78 is 11.6. The summed E-state index contributed by atoms with van der Waals surface area (Å²) in [5, 5.41) is 5.57. The highest BCUT2D eigenvalue weighted by Gasteiger charge is 2.18. The van der Waals surface area contributed by atoms with Crippen molar-refractivity contribution in [1.82, 2.24) is 10.6 Å². The lowest BCUT2D eigenvalue weighted by atomic mass is 10.1. The first kappa shape index (κ1) is 23.3. The molecule has 2 unspecified atom stereocenters. The maximum Gasteiger partial charge on any atom is 0.260 e. The molecule has 2 N–H and O–H groups in total. The molecule has 6 heteroatoms.